The summed E-state index contributed by atoms with van der Waals surface area (Å²) in [5.41, 5.74) is 0.221. The molecule has 7 nitrogen and oxygen atoms in total. The fourth-order valence-electron chi connectivity index (χ4n) is 3.79. The van der Waals surface area contributed by atoms with Gasteiger partial charge in [0.15, 0.2) is 0 Å². The van der Waals surface area contributed by atoms with Gasteiger partial charge in [-0.3, -0.25) is 13.9 Å². The van der Waals surface area contributed by atoms with Gasteiger partial charge >= 0.3 is 0 Å². The Labute approximate surface area is 255 Å². The Morgan fingerprint density at radius 2 is 1.52 bits per heavy atom. The quantitative estimate of drug-likeness (QED) is 0.277. The number of carbonyl (C=O) groups is 2. The second-order valence-electron chi connectivity index (χ2n) is 10.1. The van der Waals surface area contributed by atoms with Crippen molar-refractivity contribution in [3.63, 3.8) is 0 Å². The molecule has 12 heteroatoms. The van der Waals surface area contributed by atoms with E-state index in [1.165, 1.54) is 41.3 Å². The number of benzene rings is 3. The third kappa shape index (κ3) is 8.27. The minimum atomic E-state index is -4.25. The van der Waals surface area contributed by atoms with Crippen molar-refractivity contribution in [2.24, 2.45) is 0 Å². The molecule has 0 saturated heterocycles. The number of sulfonamides is 1. The minimum Gasteiger partial charge on any atom is -0.350 e. The molecule has 1 atom stereocenters. The van der Waals surface area contributed by atoms with Crippen LogP contribution in [0.25, 0.3) is 0 Å². The molecular formula is C28H29Cl4N3O4S. The SMILES string of the molecule is C[C@H](C(=O)NC(C)(C)C)N(Cc1ccc(Cl)c(Cl)c1)C(=O)CN(c1cccc(Cl)c1)S(=O)(=O)c1ccc(Cl)cc1. The number of rotatable bonds is 9. The zero-order valence-corrected chi connectivity index (χ0v) is 26.1. The summed E-state index contributed by atoms with van der Waals surface area (Å²) in [4.78, 5) is 28.3. The van der Waals surface area contributed by atoms with Crippen molar-refractivity contribution in [1.82, 2.24) is 10.2 Å². The fraction of sp³-hybridized carbons (Fsp3) is 0.286. The Morgan fingerprint density at radius 1 is 0.875 bits per heavy atom. The van der Waals surface area contributed by atoms with Gasteiger partial charge in [0, 0.05) is 22.1 Å². The number of hydrogen-bond acceptors (Lipinski definition) is 4. The zero-order valence-electron chi connectivity index (χ0n) is 22.3. The largest absolute Gasteiger partial charge is 0.350 e. The van der Waals surface area contributed by atoms with Crippen molar-refractivity contribution in [3.05, 3.63) is 92.4 Å². The van der Waals surface area contributed by atoms with Crippen molar-refractivity contribution in [1.29, 1.82) is 0 Å². The molecule has 0 fully saturated rings. The fourth-order valence-corrected chi connectivity index (χ4v) is 5.82. The number of nitrogens with one attached hydrogen (secondary N) is 1. The number of nitrogens with zero attached hydrogens (tertiary/aromatic N) is 2. The lowest BCUT2D eigenvalue weighted by molar-refractivity contribution is -0.140. The number of anilines is 1. The van der Waals surface area contributed by atoms with E-state index in [4.69, 9.17) is 46.4 Å². The first-order valence-corrected chi connectivity index (χ1v) is 15.1. The maximum atomic E-state index is 13.9. The summed E-state index contributed by atoms with van der Waals surface area (Å²) in [5, 5.41) is 4.13. The Hall–Kier alpha value is -2.49. The molecule has 0 aliphatic carbocycles. The van der Waals surface area contributed by atoms with Crippen LogP contribution >= 0.6 is 46.4 Å². The molecule has 0 bridgehead atoms. The van der Waals surface area contributed by atoms with E-state index in [1.807, 2.05) is 20.8 Å². The van der Waals surface area contributed by atoms with Crippen LogP contribution in [0.3, 0.4) is 0 Å². The molecule has 0 radical (unpaired) electrons. The molecule has 0 aliphatic heterocycles. The lowest BCUT2D eigenvalue weighted by Crippen LogP contribution is -2.54. The van der Waals surface area contributed by atoms with Crippen molar-refractivity contribution >= 4 is 73.9 Å². The molecule has 0 spiro atoms. The van der Waals surface area contributed by atoms with Crippen molar-refractivity contribution in [3.8, 4) is 0 Å². The molecule has 1 N–H and O–H groups in total. The van der Waals surface area contributed by atoms with Crippen LogP contribution in [0.1, 0.15) is 33.3 Å². The van der Waals surface area contributed by atoms with Crippen LogP contribution in [-0.4, -0.2) is 43.3 Å². The van der Waals surface area contributed by atoms with Gasteiger partial charge in [-0.05, 0) is 87.9 Å². The monoisotopic (exact) mass is 643 g/mol. The van der Waals surface area contributed by atoms with Gasteiger partial charge in [0.2, 0.25) is 11.8 Å². The summed E-state index contributed by atoms with van der Waals surface area (Å²) in [6.45, 7) is 6.40. The van der Waals surface area contributed by atoms with Gasteiger partial charge in [0.1, 0.15) is 12.6 Å². The summed E-state index contributed by atoms with van der Waals surface area (Å²) in [7, 11) is -4.25. The van der Waals surface area contributed by atoms with E-state index in [0.29, 0.717) is 15.6 Å². The third-order valence-corrected chi connectivity index (χ3v) is 8.79. The van der Waals surface area contributed by atoms with Crippen LogP contribution in [0.4, 0.5) is 5.69 Å². The number of carbonyl (C=O) groups excluding carboxylic acids is 2. The molecule has 2 amide bonds. The second kappa shape index (κ2) is 13.0. The standard InChI is InChI=1S/C28H29Cl4N3O4S/c1-18(27(37)33-28(2,3)4)34(16-19-8-13-24(31)25(32)14-19)26(36)17-35(22-7-5-6-21(30)15-22)40(38,39)23-11-9-20(29)10-12-23/h5-15,18H,16-17H2,1-4H3,(H,33,37)/t18-/m1/s1. The van der Waals surface area contributed by atoms with Crippen LogP contribution in [0.2, 0.25) is 20.1 Å². The van der Waals surface area contributed by atoms with Gasteiger partial charge in [-0.25, -0.2) is 8.42 Å². The first-order chi connectivity index (χ1) is 18.6. The predicted molar refractivity (Wildman–Crippen MR) is 162 cm³/mol. The molecule has 0 saturated carbocycles. The molecule has 0 aliphatic rings. The molecule has 0 aromatic heterocycles. The van der Waals surface area contributed by atoms with E-state index in [-0.39, 0.29) is 27.2 Å². The number of hydrogen-bond donors (Lipinski definition) is 1. The lowest BCUT2D eigenvalue weighted by atomic mass is 10.1. The van der Waals surface area contributed by atoms with Crippen LogP contribution in [0.15, 0.2) is 71.6 Å². The zero-order chi connectivity index (χ0) is 29.8. The summed E-state index contributed by atoms with van der Waals surface area (Å²) in [5.74, 6) is -1.03. The lowest BCUT2D eigenvalue weighted by Gasteiger charge is -2.33. The van der Waals surface area contributed by atoms with Gasteiger partial charge in [-0.2, -0.15) is 0 Å². The second-order valence-corrected chi connectivity index (χ2v) is 13.7. The summed E-state index contributed by atoms with van der Waals surface area (Å²) < 4.78 is 28.6. The molecule has 3 rings (SSSR count). The Kier molecular flexibility index (Phi) is 10.4. The van der Waals surface area contributed by atoms with Gasteiger partial charge in [0.25, 0.3) is 10.0 Å². The van der Waals surface area contributed by atoms with Crippen LogP contribution in [0.5, 0.6) is 0 Å². The Balaban J connectivity index is 2.05. The summed E-state index contributed by atoms with van der Waals surface area (Å²) >= 11 is 24.4. The maximum Gasteiger partial charge on any atom is 0.264 e. The molecule has 214 valence electrons. The predicted octanol–water partition coefficient (Wildman–Crippen LogP) is 6.83. The molecule has 3 aromatic carbocycles. The number of halogens is 4. The van der Waals surface area contributed by atoms with Gasteiger partial charge in [-0.15, -0.1) is 0 Å². The highest BCUT2D eigenvalue weighted by Crippen LogP contribution is 2.28. The molecule has 0 unspecified atom stereocenters. The molecule has 3 aromatic rings. The Morgan fingerprint density at radius 3 is 2.10 bits per heavy atom. The maximum absolute atomic E-state index is 13.9. The van der Waals surface area contributed by atoms with Crippen molar-refractivity contribution in [2.45, 2.75) is 50.7 Å². The van der Waals surface area contributed by atoms with Crippen LogP contribution < -0.4 is 9.62 Å². The van der Waals surface area contributed by atoms with Crippen LogP contribution in [-0.2, 0) is 26.2 Å². The van der Waals surface area contributed by atoms with E-state index in [2.05, 4.69) is 5.32 Å². The highest BCUT2D eigenvalue weighted by Gasteiger charge is 2.33. The van der Waals surface area contributed by atoms with Gasteiger partial charge < -0.3 is 10.2 Å². The van der Waals surface area contributed by atoms with E-state index < -0.39 is 40.0 Å². The van der Waals surface area contributed by atoms with Gasteiger partial charge in [0.05, 0.1) is 20.6 Å². The molecule has 0 heterocycles. The van der Waals surface area contributed by atoms with E-state index in [0.717, 1.165) is 4.31 Å². The molecule has 40 heavy (non-hydrogen) atoms. The summed E-state index contributed by atoms with van der Waals surface area (Å²) in [6, 6.07) is 15.7. The molecular weight excluding hydrogens is 616 g/mol. The third-order valence-electron chi connectivity index (χ3n) is 5.78. The highest BCUT2D eigenvalue weighted by molar-refractivity contribution is 7.92. The van der Waals surface area contributed by atoms with Gasteiger partial charge in [-0.1, -0.05) is 58.5 Å². The first-order valence-electron chi connectivity index (χ1n) is 12.2. The summed E-state index contributed by atoms with van der Waals surface area (Å²) in [6.07, 6.45) is 0. The van der Waals surface area contributed by atoms with Crippen molar-refractivity contribution in [2.75, 3.05) is 10.8 Å². The van der Waals surface area contributed by atoms with Crippen molar-refractivity contribution < 1.29 is 18.0 Å². The topological polar surface area (TPSA) is 86.8 Å². The first kappa shape index (κ1) is 32.0. The van der Waals surface area contributed by atoms with E-state index in [9.17, 15) is 18.0 Å². The minimum absolute atomic E-state index is 0.0289. The van der Waals surface area contributed by atoms with E-state index in [1.54, 1.807) is 37.3 Å². The van der Waals surface area contributed by atoms with E-state index >= 15 is 0 Å². The average molecular weight is 645 g/mol. The normalized spacial score (nSPS) is 12.5. The highest BCUT2D eigenvalue weighted by atomic mass is 35.5. The smallest absolute Gasteiger partial charge is 0.264 e. The Bertz CT molecular complexity index is 1490. The van der Waals surface area contributed by atoms with Crippen LogP contribution in [0, 0.1) is 0 Å². The number of amides is 2. The average Bonchev–Trinajstić information content (AvgIpc) is 2.86.